The second kappa shape index (κ2) is 9.13. The van der Waals surface area contributed by atoms with E-state index in [1.54, 1.807) is 25.3 Å². The highest BCUT2D eigenvalue weighted by Gasteiger charge is 2.17. The van der Waals surface area contributed by atoms with Crippen LogP contribution in [0.25, 0.3) is 17.1 Å². The molecule has 4 aromatic rings. The van der Waals surface area contributed by atoms with E-state index < -0.39 is 0 Å². The predicted molar refractivity (Wildman–Crippen MR) is 118 cm³/mol. The third kappa shape index (κ3) is 4.59. The molecular formula is C24H24FN5O2. The molecular weight excluding hydrogens is 409 g/mol. The molecule has 7 nitrogen and oxygen atoms in total. The van der Waals surface area contributed by atoms with Gasteiger partial charge in [0.15, 0.2) is 0 Å². The molecule has 1 atom stereocenters. The maximum absolute atomic E-state index is 13.5. The first-order chi connectivity index (χ1) is 15.4. The Bertz CT molecular complexity index is 1230. The molecule has 1 unspecified atom stereocenters. The first-order valence-corrected chi connectivity index (χ1v) is 10.4. The number of carbonyl (C=O) groups is 1. The van der Waals surface area contributed by atoms with Gasteiger partial charge in [-0.3, -0.25) is 4.79 Å². The fourth-order valence-corrected chi connectivity index (χ4v) is 3.55. The summed E-state index contributed by atoms with van der Waals surface area (Å²) in [6, 6.07) is 14.3. The summed E-state index contributed by atoms with van der Waals surface area (Å²) in [7, 11) is 0. The molecule has 0 saturated heterocycles. The van der Waals surface area contributed by atoms with Crippen LogP contribution >= 0.6 is 0 Å². The van der Waals surface area contributed by atoms with Crippen molar-refractivity contribution < 1.29 is 13.7 Å². The molecule has 0 saturated carbocycles. The number of rotatable bonds is 7. The van der Waals surface area contributed by atoms with Gasteiger partial charge in [-0.05, 0) is 56.7 Å². The van der Waals surface area contributed by atoms with Crippen LogP contribution in [0.1, 0.15) is 42.1 Å². The van der Waals surface area contributed by atoms with Crippen molar-refractivity contribution in [3.8, 4) is 17.1 Å². The Kier molecular flexibility index (Phi) is 6.11. The van der Waals surface area contributed by atoms with Gasteiger partial charge in [-0.1, -0.05) is 23.4 Å². The third-order valence-electron chi connectivity index (χ3n) is 5.34. The summed E-state index contributed by atoms with van der Waals surface area (Å²) in [6.07, 6.45) is 2.30. The van der Waals surface area contributed by atoms with Crippen molar-refractivity contribution in [2.75, 3.05) is 0 Å². The lowest BCUT2D eigenvalue weighted by molar-refractivity contribution is -0.121. The topological polar surface area (TPSA) is 85.8 Å². The molecule has 1 N–H and O–H groups in total. The van der Waals surface area contributed by atoms with Crippen LogP contribution in [0.2, 0.25) is 0 Å². The molecule has 0 aliphatic heterocycles. The number of para-hydroxylation sites is 1. The monoisotopic (exact) mass is 433 g/mol. The van der Waals surface area contributed by atoms with Crippen molar-refractivity contribution in [1.82, 2.24) is 25.2 Å². The lowest BCUT2D eigenvalue weighted by atomic mass is 10.1. The predicted octanol–water partition coefficient (Wildman–Crippen LogP) is 4.49. The van der Waals surface area contributed by atoms with E-state index in [1.165, 1.54) is 6.07 Å². The Morgan fingerprint density at radius 1 is 1.19 bits per heavy atom. The van der Waals surface area contributed by atoms with Crippen molar-refractivity contribution >= 4 is 5.91 Å². The number of hydrogen-bond acceptors (Lipinski definition) is 5. The number of nitrogens with one attached hydrogen (secondary N) is 1. The number of aryl methyl sites for hydroxylation is 2. The number of amides is 1. The molecule has 4 rings (SSSR count). The molecule has 0 aliphatic carbocycles. The summed E-state index contributed by atoms with van der Waals surface area (Å²) < 4.78 is 20.6. The van der Waals surface area contributed by atoms with Crippen LogP contribution in [0, 0.1) is 19.7 Å². The van der Waals surface area contributed by atoms with Gasteiger partial charge in [-0.25, -0.2) is 9.07 Å². The molecule has 0 aliphatic rings. The van der Waals surface area contributed by atoms with Crippen LogP contribution in [-0.4, -0.2) is 25.8 Å². The molecule has 0 bridgehead atoms. The van der Waals surface area contributed by atoms with E-state index in [-0.39, 0.29) is 24.2 Å². The van der Waals surface area contributed by atoms with Crippen molar-refractivity contribution in [3.63, 3.8) is 0 Å². The van der Waals surface area contributed by atoms with E-state index in [4.69, 9.17) is 4.52 Å². The molecule has 1 amide bonds. The summed E-state index contributed by atoms with van der Waals surface area (Å²) in [6.45, 7) is 5.59. The Hall–Kier alpha value is -3.81. The minimum atomic E-state index is -0.284. The van der Waals surface area contributed by atoms with Gasteiger partial charge >= 0.3 is 0 Å². The van der Waals surface area contributed by atoms with Crippen LogP contribution in [0.5, 0.6) is 0 Å². The van der Waals surface area contributed by atoms with Gasteiger partial charge in [0.25, 0.3) is 0 Å². The zero-order valence-electron chi connectivity index (χ0n) is 18.2. The fraction of sp³-hybridized carbons (Fsp3) is 0.250. The van der Waals surface area contributed by atoms with Crippen molar-refractivity contribution in [2.24, 2.45) is 0 Å². The Morgan fingerprint density at radius 2 is 1.97 bits per heavy atom. The summed E-state index contributed by atoms with van der Waals surface area (Å²) in [5.41, 5.74) is 4.07. The number of nitrogens with zero attached hydrogens (tertiary/aromatic N) is 4. The first-order valence-electron chi connectivity index (χ1n) is 10.4. The van der Waals surface area contributed by atoms with Gasteiger partial charge < -0.3 is 9.84 Å². The molecule has 0 spiro atoms. The largest absolute Gasteiger partial charge is 0.349 e. The molecule has 2 heterocycles. The highest BCUT2D eigenvalue weighted by Crippen LogP contribution is 2.21. The van der Waals surface area contributed by atoms with Crippen molar-refractivity contribution in [3.05, 3.63) is 83.3 Å². The maximum Gasteiger partial charge on any atom is 0.227 e. The van der Waals surface area contributed by atoms with E-state index in [2.05, 4.69) is 20.6 Å². The average molecular weight is 433 g/mol. The molecule has 32 heavy (non-hydrogen) atoms. The summed E-state index contributed by atoms with van der Waals surface area (Å²) >= 11 is 0. The lowest BCUT2D eigenvalue weighted by Gasteiger charge is -2.14. The second-order valence-corrected chi connectivity index (χ2v) is 7.70. The SMILES string of the molecule is Cc1cc(-c2noc(CCC(=O)NC(C)c3cnn(-c4ccccc4)c3C)n2)ccc1F. The lowest BCUT2D eigenvalue weighted by Crippen LogP contribution is -2.27. The molecule has 0 fully saturated rings. The highest BCUT2D eigenvalue weighted by molar-refractivity contribution is 5.76. The zero-order valence-corrected chi connectivity index (χ0v) is 18.2. The molecule has 8 heteroatoms. The standard InChI is InChI=1S/C24H24FN5O2/c1-15-13-18(9-10-21(15)25)24-28-23(32-29-24)12-11-22(31)27-16(2)20-14-26-30(17(20)3)19-7-5-4-6-8-19/h4-10,13-14,16H,11-12H2,1-3H3,(H,27,31). The average Bonchev–Trinajstić information content (AvgIpc) is 3.41. The van der Waals surface area contributed by atoms with E-state index in [0.29, 0.717) is 29.3 Å². The van der Waals surface area contributed by atoms with Crippen LogP contribution in [0.15, 0.2) is 59.3 Å². The van der Waals surface area contributed by atoms with Gasteiger partial charge in [0.05, 0.1) is 17.9 Å². The summed E-state index contributed by atoms with van der Waals surface area (Å²) in [5, 5.41) is 11.4. The number of aromatic nitrogens is 4. The van der Waals surface area contributed by atoms with Crippen LogP contribution < -0.4 is 5.32 Å². The number of benzene rings is 2. The number of hydrogen-bond donors (Lipinski definition) is 1. The Labute approximate surface area is 185 Å². The fourth-order valence-electron chi connectivity index (χ4n) is 3.55. The van der Waals surface area contributed by atoms with Gasteiger partial charge in [0, 0.05) is 29.7 Å². The molecule has 2 aromatic carbocycles. The first kappa shape index (κ1) is 21.4. The Morgan fingerprint density at radius 3 is 2.72 bits per heavy atom. The van der Waals surface area contributed by atoms with Crippen LogP contribution in [0.3, 0.4) is 0 Å². The van der Waals surface area contributed by atoms with E-state index in [1.807, 2.05) is 48.9 Å². The van der Waals surface area contributed by atoms with E-state index >= 15 is 0 Å². The quantitative estimate of drug-likeness (QED) is 0.464. The third-order valence-corrected chi connectivity index (χ3v) is 5.34. The van der Waals surface area contributed by atoms with Crippen LogP contribution in [-0.2, 0) is 11.2 Å². The minimum absolute atomic E-state index is 0.123. The second-order valence-electron chi connectivity index (χ2n) is 7.70. The summed E-state index contributed by atoms with van der Waals surface area (Å²) in [4.78, 5) is 16.8. The van der Waals surface area contributed by atoms with Crippen molar-refractivity contribution in [2.45, 2.75) is 39.7 Å². The van der Waals surface area contributed by atoms with Gasteiger partial charge in [0.1, 0.15) is 5.82 Å². The number of halogens is 1. The van der Waals surface area contributed by atoms with E-state index in [0.717, 1.165) is 16.9 Å². The molecule has 0 radical (unpaired) electrons. The van der Waals surface area contributed by atoms with Gasteiger partial charge in [-0.2, -0.15) is 10.1 Å². The normalized spacial score (nSPS) is 12.0. The maximum atomic E-state index is 13.5. The van der Waals surface area contributed by atoms with Crippen molar-refractivity contribution in [1.29, 1.82) is 0 Å². The molecule has 2 aromatic heterocycles. The number of carbonyl (C=O) groups excluding carboxylic acids is 1. The van der Waals surface area contributed by atoms with Gasteiger partial charge in [0.2, 0.25) is 17.6 Å². The van der Waals surface area contributed by atoms with Gasteiger partial charge in [-0.15, -0.1) is 0 Å². The summed E-state index contributed by atoms with van der Waals surface area (Å²) in [5.74, 6) is 0.327. The molecule has 164 valence electrons. The smallest absolute Gasteiger partial charge is 0.227 e. The highest BCUT2D eigenvalue weighted by atomic mass is 19.1. The Balaban J connectivity index is 1.35. The van der Waals surface area contributed by atoms with E-state index in [9.17, 15) is 9.18 Å². The van der Waals surface area contributed by atoms with Crippen LogP contribution in [0.4, 0.5) is 4.39 Å². The zero-order chi connectivity index (χ0) is 22.7. The minimum Gasteiger partial charge on any atom is -0.349 e.